The minimum absolute atomic E-state index is 0.816. The summed E-state index contributed by atoms with van der Waals surface area (Å²) in [5.41, 5.74) is 0. The Bertz CT molecular complexity index is 278. The molecule has 0 aromatic carbocycles. The molecule has 0 saturated carbocycles. The van der Waals surface area contributed by atoms with Crippen molar-refractivity contribution < 1.29 is 4.74 Å². The quantitative estimate of drug-likeness (QED) is 0.468. The Kier molecular flexibility index (Phi) is 7.24. The standard InChI is InChI=1S/C13H18O/c1-5-9-11-13(8-4)14-12(7-3)10-6-2/h5-11H,1H2,2-4H3/b10-6-,11-9-,12-7+,13-8+. The van der Waals surface area contributed by atoms with Gasteiger partial charge in [0.15, 0.2) is 0 Å². The Hall–Kier alpha value is -1.50. The normalized spacial score (nSPS) is 13.9. The van der Waals surface area contributed by atoms with Crippen molar-refractivity contribution >= 4 is 0 Å². The van der Waals surface area contributed by atoms with Gasteiger partial charge in [-0.05, 0) is 45.1 Å². The summed E-state index contributed by atoms with van der Waals surface area (Å²) in [4.78, 5) is 0. The highest BCUT2D eigenvalue weighted by molar-refractivity contribution is 5.20. The van der Waals surface area contributed by atoms with E-state index in [1.807, 2.05) is 57.2 Å². The Labute approximate surface area is 86.8 Å². The molecule has 0 heterocycles. The van der Waals surface area contributed by atoms with Crippen LogP contribution in [-0.2, 0) is 4.74 Å². The first-order valence-electron chi connectivity index (χ1n) is 4.70. The summed E-state index contributed by atoms with van der Waals surface area (Å²) in [6, 6.07) is 0. The first-order valence-corrected chi connectivity index (χ1v) is 4.70. The molecule has 0 aliphatic rings. The highest BCUT2D eigenvalue weighted by Crippen LogP contribution is 2.09. The fraction of sp³-hybridized carbons (Fsp3) is 0.231. The summed E-state index contributed by atoms with van der Waals surface area (Å²) in [6.45, 7) is 9.44. The summed E-state index contributed by atoms with van der Waals surface area (Å²) in [6.07, 6.45) is 13.1. The Balaban J connectivity index is 4.46. The molecule has 0 atom stereocenters. The lowest BCUT2D eigenvalue weighted by atomic mass is 10.3. The van der Waals surface area contributed by atoms with Gasteiger partial charge in [-0.1, -0.05) is 24.8 Å². The van der Waals surface area contributed by atoms with Gasteiger partial charge in [-0.15, -0.1) is 0 Å². The molecule has 0 aromatic rings. The molecule has 1 heteroatoms. The van der Waals surface area contributed by atoms with Gasteiger partial charge in [0.25, 0.3) is 0 Å². The molecule has 0 N–H and O–H groups in total. The van der Waals surface area contributed by atoms with Crippen LogP contribution in [0.2, 0.25) is 0 Å². The third kappa shape index (κ3) is 5.20. The average molecular weight is 190 g/mol. The first-order chi connectivity index (χ1) is 6.78. The van der Waals surface area contributed by atoms with Crippen LogP contribution in [0.4, 0.5) is 0 Å². The predicted octanol–water partition coefficient (Wildman–Crippen LogP) is 4.13. The number of allylic oxidation sites excluding steroid dienone is 7. The van der Waals surface area contributed by atoms with Crippen molar-refractivity contribution in [2.75, 3.05) is 0 Å². The van der Waals surface area contributed by atoms with Gasteiger partial charge in [-0.3, -0.25) is 0 Å². The Morgan fingerprint density at radius 3 is 2.00 bits per heavy atom. The van der Waals surface area contributed by atoms with E-state index in [1.165, 1.54) is 0 Å². The molecule has 0 bridgehead atoms. The Morgan fingerprint density at radius 2 is 1.57 bits per heavy atom. The number of ether oxygens (including phenoxy) is 1. The third-order valence-corrected chi connectivity index (χ3v) is 1.53. The zero-order valence-electron chi connectivity index (χ0n) is 9.16. The maximum absolute atomic E-state index is 5.59. The first kappa shape index (κ1) is 12.5. The molecular weight excluding hydrogens is 172 g/mol. The van der Waals surface area contributed by atoms with Crippen LogP contribution in [0.15, 0.2) is 60.6 Å². The van der Waals surface area contributed by atoms with Crippen molar-refractivity contribution in [3.8, 4) is 0 Å². The molecule has 0 aliphatic heterocycles. The molecule has 0 spiro atoms. The van der Waals surface area contributed by atoms with Crippen molar-refractivity contribution in [2.45, 2.75) is 20.8 Å². The van der Waals surface area contributed by atoms with Gasteiger partial charge < -0.3 is 4.74 Å². The average Bonchev–Trinajstić information content (AvgIpc) is 2.22. The van der Waals surface area contributed by atoms with E-state index in [0.29, 0.717) is 0 Å². The SMILES string of the molecule is C=C/C=C\C(=C/C)OC(/C=C\C)=C/C. The number of rotatable bonds is 5. The highest BCUT2D eigenvalue weighted by atomic mass is 16.5. The molecule has 0 fully saturated rings. The van der Waals surface area contributed by atoms with Crippen molar-refractivity contribution in [1.29, 1.82) is 0 Å². The maximum atomic E-state index is 5.59. The molecule has 1 nitrogen and oxygen atoms in total. The van der Waals surface area contributed by atoms with E-state index in [4.69, 9.17) is 4.74 Å². The molecule has 0 radical (unpaired) electrons. The van der Waals surface area contributed by atoms with Crippen molar-refractivity contribution in [2.24, 2.45) is 0 Å². The summed E-state index contributed by atoms with van der Waals surface area (Å²) in [5, 5.41) is 0. The fourth-order valence-corrected chi connectivity index (χ4v) is 0.842. The van der Waals surface area contributed by atoms with Crippen LogP contribution in [0, 0.1) is 0 Å². The molecule has 0 rings (SSSR count). The van der Waals surface area contributed by atoms with E-state index in [1.54, 1.807) is 6.08 Å². The molecule has 0 amide bonds. The second-order valence-corrected chi connectivity index (χ2v) is 2.58. The second kappa shape index (κ2) is 8.11. The van der Waals surface area contributed by atoms with Crippen molar-refractivity contribution in [1.82, 2.24) is 0 Å². The number of hydrogen-bond acceptors (Lipinski definition) is 1. The third-order valence-electron chi connectivity index (χ3n) is 1.53. The summed E-state index contributed by atoms with van der Waals surface area (Å²) >= 11 is 0. The van der Waals surface area contributed by atoms with Crippen molar-refractivity contribution in [3.05, 3.63) is 60.6 Å². The van der Waals surface area contributed by atoms with Crippen LogP contribution in [0.5, 0.6) is 0 Å². The lowest BCUT2D eigenvalue weighted by Gasteiger charge is -2.05. The zero-order chi connectivity index (χ0) is 10.8. The van der Waals surface area contributed by atoms with Crippen LogP contribution >= 0.6 is 0 Å². The second-order valence-electron chi connectivity index (χ2n) is 2.58. The summed E-state index contributed by atoms with van der Waals surface area (Å²) in [5.74, 6) is 1.66. The van der Waals surface area contributed by atoms with E-state index < -0.39 is 0 Å². The molecule has 0 aliphatic carbocycles. The monoisotopic (exact) mass is 190 g/mol. The van der Waals surface area contributed by atoms with E-state index in [0.717, 1.165) is 11.5 Å². The lowest BCUT2D eigenvalue weighted by Crippen LogP contribution is -1.87. The van der Waals surface area contributed by atoms with Gasteiger partial charge >= 0.3 is 0 Å². The number of hydrogen-bond donors (Lipinski definition) is 0. The molecule has 0 aromatic heterocycles. The smallest absolute Gasteiger partial charge is 0.123 e. The van der Waals surface area contributed by atoms with Crippen LogP contribution < -0.4 is 0 Å². The minimum Gasteiger partial charge on any atom is -0.458 e. The molecule has 0 saturated heterocycles. The fourth-order valence-electron chi connectivity index (χ4n) is 0.842. The van der Waals surface area contributed by atoms with Gasteiger partial charge in [0.2, 0.25) is 0 Å². The van der Waals surface area contributed by atoms with Gasteiger partial charge in [0.1, 0.15) is 11.5 Å². The largest absolute Gasteiger partial charge is 0.458 e. The molecular formula is C13H18O. The van der Waals surface area contributed by atoms with Gasteiger partial charge in [-0.2, -0.15) is 0 Å². The molecule has 0 unspecified atom stereocenters. The zero-order valence-corrected chi connectivity index (χ0v) is 9.16. The maximum Gasteiger partial charge on any atom is 0.123 e. The van der Waals surface area contributed by atoms with E-state index in [2.05, 4.69) is 6.58 Å². The topological polar surface area (TPSA) is 9.23 Å². The van der Waals surface area contributed by atoms with Gasteiger partial charge in [0, 0.05) is 0 Å². The van der Waals surface area contributed by atoms with Crippen LogP contribution in [0.1, 0.15) is 20.8 Å². The molecule has 14 heavy (non-hydrogen) atoms. The van der Waals surface area contributed by atoms with E-state index in [9.17, 15) is 0 Å². The Morgan fingerprint density at radius 1 is 1.00 bits per heavy atom. The lowest BCUT2D eigenvalue weighted by molar-refractivity contribution is 0.334. The van der Waals surface area contributed by atoms with Gasteiger partial charge in [0.05, 0.1) is 0 Å². The van der Waals surface area contributed by atoms with Gasteiger partial charge in [-0.25, -0.2) is 0 Å². The highest BCUT2D eigenvalue weighted by Gasteiger charge is 1.93. The molecule has 76 valence electrons. The van der Waals surface area contributed by atoms with Crippen LogP contribution in [0.25, 0.3) is 0 Å². The van der Waals surface area contributed by atoms with E-state index >= 15 is 0 Å². The predicted molar refractivity (Wildman–Crippen MR) is 62.8 cm³/mol. The van der Waals surface area contributed by atoms with E-state index in [-0.39, 0.29) is 0 Å². The summed E-state index contributed by atoms with van der Waals surface area (Å²) < 4.78 is 5.59. The van der Waals surface area contributed by atoms with Crippen LogP contribution in [0.3, 0.4) is 0 Å². The van der Waals surface area contributed by atoms with Crippen LogP contribution in [-0.4, -0.2) is 0 Å². The van der Waals surface area contributed by atoms with Crippen molar-refractivity contribution in [3.63, 3.8) is 0 Å². The minimum atomic E-state index is 0.816. The summed E-state index contributed by atoms with van der Waals surface area (Å²) in [7, 11) is 0.